The SMILES string of the molecule is COc1cc(Br)c(O)cc1CCNC(=O)CC(C)(C)c1c(C)cc(C)cc1OC(C)=O. The standard InChI is InChI=1S/C24H30BrNO5/c1-14-9-15(2)23(21(10-14)31-16(3)27)24(4,5)13-22(29)26-8-7-17-11-19(28)18(25)12-20(17)30-6/h9-12,28H,7-8,13H2,1-6H3,(H,26,29). The number of phenolic OH excluding ortho intramolecular Hbond substituents is 1. The molecule has 0 aromatic heterocycles. The molecular formula is C24H30BrNO5. The highest BCUT2D eigenvalue weighted by Crippen LogP contribution is 2.38. The number of aromatic hydroxyl groups is 1. The molecule has 6 nitrogen and oxygen atoms in total. The number of hydrogen-bond donors (Lipinski definition) is 2. The number of benzene rings is 2. The average Bonchev–Trinajstić information content (AvgIpc) is 2.62. The highest BCUT2D eigenvalue weighted by Gasteiger charge is 2.30. The van der Waals surface area contributed by atoms with Crippen molar-refractivity contribution >= 4 is 27.8 Å². The number of halogens is 1. The van der Waals surface area contributed by atoms with Gasteiger partial charge in [-0.15, -0.1) is 0 Å². The molecule has 0 heterocycles. The molecule has 168 valence electrons. The number of esters is 1. The number of aryl methyl sites for hydroxylation is 2. The molecule has 0 radical (unpaired) electrons. The first-order chi connectivity index (χ1) is 14.4. The monoisotopic (exact) mass is 491 g/mol. The van der Waals surface area contributed by atoms with Crippen LogP contribution < -0.4 is 14.8 Å². The minimum Gasteiger partial charge on any atom is -0.507 e. The predicted molar refractivity (Wildman–Crippen MR) is 124 cm³/mol. The van der Waals surface area contributed by atoms with E-state index in [1.54, 1.807) is 19.2 Å². The van der Waals surface area contributed by atoms with Gasteiger partial charge in [-0.1, -0.05) is 19.9 Å². The zero-order valence-electron chi connectivity index (χ0n) is 18.9. The molecular weight excluding hydrogens is 462 g/mol. The lowest BCUT2D eigenvalue weighted by Crippen LogP contribution is -2.33. The van der Waals surface area contributed by atoms with E-state index in [9.17, 15) is 14.7 Å². The van der Waals surface area contributed by atoms with Crippen LogP contribution >= 0.6 is 15.9 Å². The number of carbonyl (C=O) groups excluding carboxylic acids is 2. The topological polar surface area (TPSA) is 84.9 Å². The molecule has 0 spiro atoms. The summed E-state index contributed by atoms with van der Waals surface area (Å²) in [4.78, 5) is 24.3. The molecule has 0 bridgehead atoms. The summed E-state index contributed by atoms with van der Waals surface area (Å²) >= 11 is 3.27. The van der Waals surface area contributed by atoms with Crippen molar-refractivity contribution in [3.05, 3.63) is 51.0 Å². The lowest BCUT2D eigenvalue weighted by Gasteiger charge is -2.29. The number of rotatable bonds is 8. The molecule has 0 aliphatic carbocycles. The second-order valence-corrected chi connectivity index (χ2v) is 9.18. The Bertz CT molecular complexity index is 984. The van der Waals surface area contributed by atoms with Crippen LogP contribution in [0.3, 0.4) is 0 Å². The third-order valence-corrected chi connectivity index (χ3v) is 5.68. The fourth-order valence-electron chi connectivity index (χ4n) is 3.89. The first-order valence-corrected chi connectivity index (χ1v) is 10.9. The van der Waals surface area contributed by atoms with E-state index in [1.165, 1.54) is 6.92 Å². The number of methoxy groups -OCH3 is 1. The molecule has 0 atom stereocenters. The summed E-state index contributed by atoms with van der Waals surface area (Å²) < 4.78 is 11.3. The maximum Gasteiger partial charge on any atom is 0.308 e. The van der Waals surface area contributed by atoms with Gasteiger partial charge in [0, 0.05) is 30.9 Å². The van der Waals surface area contributed by atoms with Gasteiger partial charge < -0.3 is 19.9 Å². The Morgan fingerprint density at radius 3 is 2.42 bits per heavy atom. The third kappa shape index (κ3) is 6.47. The zero-order chi connectivity index (χ0) is 23.3. The smallest absolute Gasteiger partial charge is 0.308 e. The number of ether oxygens (including phenoxy) is 2. The van der Waals surface area contributed by atoms with Gasteiger partial charge in [0.2, 0.25) is 5.91 Å². The van der Waals surface area contributed by atoms with Gasteiger partial charge in [-0.25, -0.2) is 0 Å². The van der Waals surface area contributed by atoms with Crippen LogP contribution in [0.2, 0.25) is 0 Å². The van der Waals surface area contributed by atoms with Crippen molar-refractivity contribution < 1.29 is 24.2 Å². The first kappa shape index (κ1) is 24.7. The number of phenols is 1. The molecule has 2 rings (SSSR count). The van der Waals surface area contributed by atoms with Gasteiger partial charge in [0.15, 0.2) is 0 Å². The minimum absolute atomic E-state index is 0.112. The number of nitrogens with one attached hydrogen (secondary N) is 1. The van der Waals surface area contributed by atoms with E-state index >= 15 is 0 Å². The van der Waals surface area contributed by atoms with Gasteiger partial charge >= 0.3 is 5.97 Å². The average molecular weight is 492 g/mol. The Labute approximate surface area is 192 Å². The molecule has 0 aliphatic heterocycles. The van der Waals surface area contributed by atoms with Gasteiger partial charge in [0.25, 0.3) is 0 Å². The van der Waals surface area contributed by atoms with E-state index < -0.39 is 11.4 Å². The van der Waals surface area contributed by atoms with E-state index in [1.807, 2.05) is 39.8 Å². The van der Waals surface area contributed by atoms with E-state index in [0.717, 1.165) is 22.3 Å². The highest BCUT2D eigenvalue weighted by molar-refractivity contribution is 9.10. The molecule has 0 fully saturated rings. The van der Waals surface area contributed by atoms with Crippen molar-refractivity contribution in [2.45, 2.75) is 52.9 Å². The normalized spacial score (nSPS) is 11.2. The summed E-state index contributed by atoms with van der Waals surface area (Å²) in [6.45, 7) is 9.60. The minimum atomic E-state index is -0.541. The predicted octanol–water partition coefficient (Wildman–Crippen LogP) is 4.73. The number of carbonyl (C=O) groups is 2. The molecule has 31 heavy (non-hydrogen) atoms. The van der Waals surface area contributed by atoms with Gasteiger partial charge in [-0.05, 0) is 71.1 Å². The quantitative estimate of drug-likeness (QED) is 0.411. The van der Waals surface area contributed by atoms with Crippen molar-refractivity contribution in [2.75, 3.05) is 13.7 Å². The summed E-state index contributed by atoms with van der Waals surface area (Å²) in [5.74, 6) is 0.756. The van der Waals surface area contributed by atoms with Crippen molar-refractivity contribution in [3.8, 4) is 17.2 Å². The third-order valence-electron chi connectivity index (χ3n) is 5.04. The summed E-state index contributed by atoms with van der Waals surface area (Å²) in [5.41, 5.74) is 3.08. The van der Waals surface area contributed by atoms with Crippen LogP contribution in [0, 0.1) is 13.8 Å². The van der Waals surface area contributed by atoms with Gasteiger partial charge in [-0.2, -0.15) is 0 Å². The molecule has 2 aromatic rings. The Kier molecular flexibility index (Phi) is 8.12. The fraction of sp³-hybridized carbons (Fsp3) is 0.417. The molecule has 1 amide bonds. The zero-order valence-corrected chi connectivity index (χ0v) is 20.5. The second kappa shape index (κ2) is 10.2. The van der Waals surface area contributed by atoms with Crippen molar-refractivity contribution in [1.29, 1.82) is 0 Å². The van der Waals surface area contributed by atoms with Crippen LogP contribution in [0.4, 0.5) is 0 Å². The van der Waals surface area contributed by atoms with Gasteiger partial charge in [-0.3, -0.25) is 9.59 Å². The molecule has 0 unspecified atom stereocenters. The molecule has 7 heteroatoms. The van der Waals surface area contributed by atoms with Crippen molar-refractivity contribution in [2.24, 2.45) is 0 Å². The number of amides is 1. The maximum atomic E-state index is 12.7. The number of hydrogen-bond acceptors (Lipinski definition) is 5. The van der Waals surface area contributed by atoms with E-state index in [4.69, 9.17) is 9.47 Å². The lowest BCUT2D eigenvalue weighted by atomic mass is 9.78. The largest absolute Gasteiger partial charge is 0.507 e. The van der Waals surface area contributed by atoms with Crippen LogP contribution in [0.1, 0.15) is 49.4 Å². The van der Waals surface area contributed by atoms with Gasteiger partial charge in [0.05, 0.1) is 11.6 Å². The summed E-state index contributed by atoms with van der Waals surface area (Å²) in [6.07, 6.45) is 0.742. The Hall–Kier alpha value is -2.54. The van der Waals surface area contributed by atoms with Crippen molar-refractivity contribution in [1.82, 2.24) is 5.32 Å². The summed E-state index contributed by atoms with van der Waals surface area (Å²) in [6, 6.07) is 7.18. The lowest BCUT2D eigenvalue weighted by molar-refractivity contribution is -0.131. The summed E-state index contributed by atoms with van der Waals surface area (Å²) in [7, 11) is 1.56. The van der Waals surface area contributed by atoms with E-state index in [2.05, 4.69) is 21.2 Å². The summed E-state index contributed by atoms with van der Waals surface area (Å²) in [5, 5.41) is 12.9. The molecule has 0 saturated heterocycles. The molecule has 0 aliphatic rings. The van der Waals surface area contributed by atoms with E-state index in [0.29, 0.717) is 28.9 Å². The molecule has 2 N–H and O–H groups in total. The highest BCUT2D eigenvalue weighted by atomic mass is 79.9. The van der Waals surface area contributed by atoms with Crippen LogP contribution in [-0.4, -0.2) is 30.6 Å². The molecule has 2 aromatic carbocycles. The second-order valence-electron chi connectivity index (χ2n) is 8.32. The Morgan fingerprint density at radius 2 is 1.81 bits per heavy atom. The van der Waals surface area contributed by atoms with Crippen LogP contribution in [0.5, 0.6) is 17.2 Å². The van der Waals surface area contributed by atoms with Crippen molar-refractivity contribution in [3.63, 3.8) is 0 Å². The fourth-order valence-corrected chi connectivity index (χ4v) is 4.21. The Morgan fingerprint density at radius 1 is 1.13 bits per heavy atom. The maximum absolute atomic E-state index is 12.7. The van der Waals surface area contributed by atoms with Crippen LogP contribution in [0.25, 0.3) is 0 Å². The first-order valence-electron chi connectivity index (χ1n) is 10.1. The Balaban J connectivity index is 2.10. The van der Waals surface area contributed by atoms with Crippen LogP contribution in [0.15, 0.2) is 28.7 Å². The molecule has 0 saturated carbocycles. The van der Waals surface area contributed by atoms with E-state index in [-0.39, 0.29) is 18.1 Å². The van der Waals surface area contributed by atoms with Gasteiger partial charge in [0.1, 0.15) is 17.2 Å². The van der Waals surface area contributed by atoms with Crippen LogP contribution in [-0.2, 0) is 21.4 Å².